The van der Waals surface area contributed by atoms with Gasteiger partial charge in [-0.25, -0.2) is 5.43 Å². The fourth-order valence-electron chi connectivity index (χ4n) is 3.97. The summed E-state index contributed by atoms with van der Waals surface area (Å²) in [6, 6.07) is 38.9. The Morgan fingerprint density at radius 1 is 0.686 bits per heavy atom. The third-order valence-electron chi connectivity index (χ3n) is 5.71. The maximum atomic E-state index is 12.6. The quantitative estimate of drug-likeness (QED) is 0.233. The molecule has 4 aromatic carbocycles. The third kappa shape index (κ3) is 4.75. The van der Waals surface area contributed by atoms with E-state index in [1.54, 1.807) is 36.4 Å². The largest absolute Gasteiger partial charge is 0.507 e. The van der Waals surface area contributed by atoms with Gasteiger partial charge >= 0.3 is 0 Å². The predicted octanol–water partition coefficient (Wildman–Crippen LogP) is 6.28. The Morgan fingerprint density at radius 2 is 1.23 bits per heavy atom. The van der Waals surface area contributed by atoms with E-state index < -0.39 is 0 Å². The number of aromatic nitrogens is 1. The van der Waals surface area contributed by atoms with Crippen molar-refractivity contribution in [3.8, 4) is 34.0 Å². The van der Waals surface area contributed by atoms with Crippen LogP contribution in [0.1, 0.15) is 15.9 Å². The number of rotatable bonds is 6. The van der Waals surface area contributed by atoms with Crippen molar-refractivity contribution in [2.45, 2.75) is 0 Å². The van der Waals surface area contributed by atoms with E-state index in [0.717, 1.165) is 28.2 Å². The molecule has 5 rings (SSSR count). The van der Waals surface area contributed by atoms with Gasteiger partial charge in [0.1, 0.15) is 5.75 Å². The Bertz CT molecular complexity index is 1410. The number of nitrogens with zero attached hydrogens (tertiary/aromatic N) is 2. The number of hydrazone groups is 1. The van der Waals surface area contributed by atoms with Gasteiger partial charge in [-0.2, -0.15) is 5.10 Å². The number of aromatic hydroxyl groups is 1. The lowest BCUT2D eigenvalue weighted by Gasteiger charge is -2.15. The second-order valence-corrected chi connectivity index (χ2v) is 7.98. The van der Waals surface area contributed by atoms with Gasteiger partial charge in [-0.3, -0.25) is 4.79 Å². The fraction of sp³-hybridized carbons (Fsp3) is 0. The van der Waals surface area contributed by atoms with E-state index in [1.165, 1.54) is 6.21 Å². The van der Waals surface area contributed by atoms with Gasteiger partial charge in [0.15, 0.2) is 0 Å². The predicted molar refractivity (Wildman–Crippen MR) is 140 cm³/mol. The molecular weight excluding hydrogens is 434 g/mol. The zero-order valence-corrected chi connectivity index (χ0v) is 18.9. The van der Waals surface area contributed by atoms with Crippen LogP contribution in [0.15, 0.2) is 126 Å². The highest BCUT2D eigenvalue weighted by molar-refractivity contribution is 5.95. The summed E-state index contributed by atoms with van der Waals surface area (Å²) in [5.41, 5.74) is 8.81. The Hall–Kier alpha value is -4.90. The first-order chi connectivity index (χ1) is 17.2. The minimum absolute atomic E-state index is 0.102. The van der Waals surface area contributed by atoms with E-state index in [1.807, 2.05) is 48.5 Å². The first kappa shape index (κ1) is 21.9. The summed E-state index contributed by atoms with van der Waals surface area (Å²) >= 11 is 0. The van der Waals surface area contributed by atoms with Crippen molar-refractivity contribution in [2.75, 3.05) is 0 Å². The fourth-order valence-corrected chi connectivity index (χ4v) is 3.97. The Morgan fingerprint density at radius 3 is 1.80 bits per heavy atom. The van der Waals surface area contributed by atoms with Crippen LogP contribution in [-0.4, -0.2) is 21.8 Å². The lowest BCUT2D eigenvalue weighted by atomic mass is 10.1. The number of carbonyl (C=O) groups is 1. The average Bonchev–Trinajstić information content (AvgIpc) is 3.36. The molecule has 0 fully saturated rings. The SMILES string of the molecule is O=C(N/N=C\c1ccccc1O)c1ccc(-n2c(-c3ccccc3)ccc2-c2ccccc2)cc1. The summed E-state index contributed by atoms with van der Waals surface area (Å²) in [6.45, 7) is 0. The van der Waals surface area contributed by atoms with E-state index in [0.29, 0.717) is 11.1 Å². The Kier molecular flexibility index (Phi) is 6.22. The number of phenolic OH excluding ortho intramolecular Hbond substituents is 1. The first-order valence-corrected chi connectivity index (χ1v) is 11.2. The first-order valence-electron chi connectivity index (χ1n) is 11.2. The van der Waals surface area contributed by atoms with Crippen LogP contribution in [-0.2, 0) is 0 Å². The molecule has 5 aromatic rings. The normalized spacial score (nSPS) is 11.0. The number of carbonyl (C=O) groups excluding carboxylic acids is 1. The molecule has 170 valence electrons. The molecule has 1 aromatic heterocycles. The number of phenols is 1. The van der Waals surface area contributed by atoms with Crippen molar-refractivity contribution in [1.82, 2.24) is 9.99 Å². The lowest BCUT2D eigenvalue weighted by Crippen LogP contribution is -2.17. The van der Waals surface area contributed by atoms with Crippen LogP contribution < -0.4 is 5.43 Å². The second-order valence-electron chi connectivity index (χ2n) is 7.98. The molecule has 5 heteroatoms. The average molecular weight is 458 g/mol. The van der Waals surface area contributed by atoms with Crippen molar-refractivity contribution < 1.29 is 9.90 Å². The molecule has 0 bridgehead atoms. The Balaban J connectivity index is 1.44. The molecule has 0 saturated heterocycles. The van der Waals surface area contributed by atoms with Gasteiger partial charge in [-0.1, -0.05) is 72.8 Å². The van der Waals surface area contributed by atoms with Crippen LogP contribution in [0.2, 0.25) is 0 Å². The number of hydrogen-bond donors (Lipinski definition) is 2. The molecule has 5 nitrogen and oxygen atoms in total. The van der Waals surface area contributed by atoms with E-state index in [2.05, 4.69) is 51.5 Å². The van der Waals surface area contributed by atoms with Crippen LogP contribution in [0.5, 0.6) is 5.75 Å². The van der Waals surface area contributed by atoms with Gasteiger partial charge in [0.05, 0.1) is 17.6 Å². The Labute approximate surface area is 203 Å². The molecule has 0 saturated carbocycles. The van der Waals surface area contributed by atoms with Crippen molar-refractivity contribution in [1.29, 1.82) is 0 Å². The monoisotopic (exact) mass is 457 g/mol. The van der Waals surface area contributed by atoms with Crippen LogP contribution in [0.4, 0.5) is 0 Å². The maximum absolute atomic E-state index is 12.6. The zero-order chi connectivity index (χ0) is 24.0. The number of benzene rings is 4. The van der Waals surface area contributed by atoms with Crippen molar-refractivity contribution >= 4 is 12.1 Å². The third-order valence-corrected chi connectivity index (χ3v) is 5.71. The van der Waals surface area contributed by atoms with E-state index in [-0.39, 0.29) is 11.7 Å². The molecule has 0 aliphatic heterocycles. The summed E-state index contributed by atoms with van der Waals surface area (Å²) < 4.78 is 2.20. The maximum Gasteiger partial charge on any atom is 0.271 e. The van der Waals surface area contributed by atoms with Gasteiger partial charge in [0.25, 0.3) is 5.91 Å². The standard InChI is InChI=1S/C30H23N3O2/c34-29-14-8-7-13-25(29)21-31-32-30(35)24-15-17-26(18-16-24)33-27(22-9-3-1-4-10-22)19-20-28(33)23-11-5-2-6-12-23/h1-21,34H,(H,32,35)/b31-21-. The summed E-state index contributed by atoms with van der Waals surface area (Å²) in [5.74, 6) is -0.229. The molecule has 0 unspecified atom stereocenters. The van der Waals surface area contributed by atoms with Crippen LogP contribution in [0.25, 0.3) is 28.2 Å². The molecule has 0 spiro atoms. The number of nitrogens with one attached hydrogen (secondary N) is 1. The summed E-state index contributed by atoms with van der Waals surface area (Å²) in [7, 11) is 0. The zero-order valence-electron chi connectivity index (χ0n) is 18.9. The molecule has 1 heterocycles. The molecule has 0 aliphatic rings. The highest BCUT2D eigenvalue weighted by atomic mass is 16.3. The molecular formula is C30H23N3O2. The van der Waals surface area contributed by atoms with E-state index in [9.17, 15) is 9.90 Å². The van der Waals surface area contributed by atoms with Crippen LogP contribution in [0.3, 0.4) is 0 Å². The molecule has 0 radical (unpaired) electrons. The number of amides is 1. The van der Waals surface area contributed by atoms with Gasteiger partial charge < -0.3 is 9.67 Å². The second kappa shape index (κ2) is 9.93. The minimum Gasteiger partial charge on any atom is -0.507 e. The van der Waals surface area contributed by atoms with Crippen LogP contribution in [0, 0.1) is 0 Å². The summed E-state index contributed by atoms with van der Waals surface area (Å²) in [6.07, 6.45) is 1.42. The van der Waals surface area contributed by atoms with E-state index in [4.69, 9.17) is 0 Å². The molecule has 35 heavy (non-hydrogen) atoms. The van der Waals surface area contributed by atoms with Crippen molar-refractivity contribution in [2.24, 2.45) is 5.10 Å². The van der Waals surface area contributed by atoms with Gasteiger partial charge in [0, 0.05) is 16.8 Å². The smallest absolute Gasteiger partial charge is 0.271 e. The van der Waals surface area contributed by atoms with Crippen LogP contribution >= 0.6 is 0 Å². The van der Waals surface area contributed by atoms with Crippen molar-refractivity contribution in [3.05, 3.63) is 132 Å². The lowest BCUT2D eigenvalue weighted by molar-refractivity contribution is 0.0955. The molecule has 1 amide bonds. The highest BCUT2D eigenvalue weighted by Gasteiger charge is 2.14. The molecule has 0 aliphatic carbocycles. The van der Waals surface area contributed by atoms with Gasteiger partial charge in [-0.05, 0) is 59.7 Å². The molecule has 2 N–H and O–H groups in total. The number of hydrogen-bond acceptors (Lipinski definition) is 3. The summed E-state index contributed by atoms with van der Waals surface area (Å²) in [5, 5.41) is 13.8. The van der Waals surface area contributed by atoms with Gasteiger partial charge in [0.2, 0.25) is 0 Å². The highest BCUT2D eigenvalue weighted by Crippen LogP contribution is 2.32. The van der Waals surface area contributed by atoms with E-state index >= 15 is 0 Å². The minimum atomic E-state index is -0.331. The molecule has 0 atom stereocenters. The van der Waals surface area contributed by atoms with Crippen molar-refractivity contribution in [3.63, 3.8) is 0 Å². The van der Waals surface area contributed by atoms with Gasteiger partial charge in [-0.15, -0.1) is 0 Å². The topological polar surface area (TPSA) is 66.6 Å². The number of para-hydroxylation sites is 1. The summed E-state index contributed by atoms with van der Waals surface area (Å²) in [4.78, 5) is 12.6.